The van der Waals surface area contributed by atoms with Gasteiger partial charge in [0, 0.05) is 30.4 Å². The first-order chi connectivity index (χ1) is 16.8. The van der Waals surface area contributed by atoms with E-state index in [-0.39, 0.29) is 35.4 Å². The minimum atomic E-state index is -4.48. The molecule has 1 saturated heterocycles. The highest BCUT2D eigenvalue weighted by atomic mass is 19.4. The van der Waals surface area contributed by atoms with Gasteiger partial charge in [0.15, 0.2) is 0 Å². The number of alkyl halides is 3. The Bertz CT molecular complexity index is 1210. The van der Waals surface area contributed by atoms with Gasteiger partial charge in [0.25, 0.3) is 11.8 Å². The topological polar surface area (TPSA) is 80.6 Å². The fourth-order valence-corrected chi connectivity index (χ4v) is 3.63. The van der Waals surface area contributed by atoms with Gasteiger partial charge in [-0.2, -0.15) is 13.2 Å². The number of furan rings is 1. The van der Waals surface area contributed by atoms with E-state index in [0.29, 0.717) is 12.2 Å². The first-order valence-corrected chi connectivity index (χ1v) is 11.0. The van der Waals surface area contributed by atoms with E-state index in [1.54, 1.807) is 30.3 Å². The van der Waals surface area contributed by atoms with E-state index in [0.717, 1.165) is 25.0 Å². The zero-order chi connectivity index (χ0) is 24.8. The number of carbonyl (C=O) groups is 2. The number of hydrogen-bond donors (Lipinski definition) is 2. The standard InChI is InChI=1S/C26H23F3N2O4/c27-26(28,29)19-9-4-8-18(14-19)23-12-11-20(35-23)15-22(25(33)30-16-21-10-5-13-34-21)31-24(32)17-6-2-1-3-7-17/h1-4,6-9,11-12,14-15,21H,5,10,13,16H2,(H,30,33)(H,31,32)/b22-15-. The smallest absolute Gasteiger partial charge is 0.416 e. The van der Waals surface area contributed by atoms with Crippen LogP contribution in [0.3, 0.4) is 0 Å². The summed E-state index contributed by atoms with van der Waals surface area (Å²) in [5.74, 6) is -0.653. The molecule has 0 radical (unpaired) electrons. The summed E-state index contributed by atoms with van der Waals surface area (Å²) >= 11 is 0. The van der Waals surface area contributed by atoms with Crippen molar-refractivity contribution in [3.05, 3.63) is 89.3 Å². The van der Waals surface area contributed by atoms with Crippen LogP contribution >= 0.6 is 0 Å². The highest BCUT2D eigenvalue weighted by molar-refractivity contribution is 6.05. The summed E-state index contributed by atoms with van der Waals surface area (Å²) < 4.78 is 50.4. The third-order valence-electron chi connectivity index (χ3n) is 5.43. The van der Waals surface area contributed by atoms with Gasteiger partial charge in [0.2, 0.25) is 0 Å². The van der Waals surface area contributed by atoms with Gasteiger partial charge in [-0.05, 0) is 49.2 Å². The molecule has 4 rings (SSSR count). The van der Waals surface area contributed by atoms with Gasteiger partial charge in [-0.3, -0.25) is 9.59 Å². The summed E-state index contributed by atoms with van der Waals surface area (Å²) in [6.07, 6.45) is -1.50. The Morgan fingerprint density at radius 1 is 1.03 bits per heavy atom. The molecule has 3 aromatic rings. The molecule has 2 amide bonds. The quantitative estimate of drug-likeness (QED) is 0.461. The van der Waals surface area contributed by atoms with Crippen molar-refractivity contribution in [3.8, 4) is 11.3 Å². The van der Waals surface area contributed by atoms with Crippen LogP contribution in [-0.4, -0.2) is 31.1 Å². The molecule has 2 aromatic carbocycles. The molecule has 182 valence electrons. The van der Waals surface area contributed by atoms with Gasteiger partial charge in [0.05, 0.1) is 11.7 Å². The van der Waals surface area contributed by atoms with E-state index >= 15 is 0 Å². The van der Waals surface area contributed by atoms with Crippen molar-refractivity contribution < 1.29 is 31.9 Å². The number of hydrogen-bond acceptors (Lipinski definition) is 4. The molecule has 1 fully saturated rings. The maximum Gasteiger partial charge on any atom is 0.416 e. The molecule has 1 aliphatic heterocycles. The highest BCUT2D eigenvalue weighted by Crippen LogP contribution is 2.32. The minimum Gasteiger partial charge on any atom is -0.457 e. The maximum atomic E-state index is 13.1. The molecule has 9 heteroatoms. The van der Waals surface area contributed by atoms with Gasteiger partial charge < -0.3 is 19.8 Å². The van der Waals surface area contributed by atoms with E-state index in [1.807, 2.05) is 0 Å². The number of nitrogens with one attached hydrogen (secondary N) is 2. The maximum absolute atomic E-state index is 13.1. The van der Waals surface area contributed by atoms with Crippen molar-refractivity contribution in [2.45, 2.75) is 25.1 Å². The van der Waals surface area contributed by atoms with Gasteiger partial charge >= 0.3 is 6.18 Å². The van der Waals surface area contributed by atoms with Crippen molar-refractivity contribution in [1.82, 2.24) is 10.6 Å². The fraction of sp³-hybridized carbons (Fsp3) is 0.231. The fourth-order valence-electron chi connectivity index (χ4n) is 3.63. The third kappa shape index (κ3) is 6.39. The second-order valence-corrected chi connectivity index (χ2v) is 8.00. The Labute approximate surface area is 199 Å². The average Bonchev–Trinajstić information content (AvgIpc) is 3.54. The van der Waals surface area contributed by atoms with Crippen molar-refractivity contribution in [1.29, 1.82) is 0 Å². The van der Waals surface area contributed by atoms with Crippen LogP contribution < -0.4 is 10.6 Å². The Balaban J connectivity index is 1.57. The molecule has 1 aromatic heterocycles. The molecule has 0 bridgehead atoms. The van der Waals surface area contributed by atoms with Gasteiger partial charge in [0.1, 0.15) is 17.2 Å². The van der Waals surface area contributed by atoms with Crippen molar-refractivity contribution >= 4 is 17.9 Å². The molecule has 0 spiro atoms. The Hall–Kier alpha value is -3.85. The molecular formula is C26H23F3N2O4. The predicted molar refractivity (Wildman–Crippen MR) is 123 cm³/mol. The molecule has 6 nitrogen and oxygen atoms in total. The first-order valence-electron chi connectivity index (χ1n) is 11.0. The zero-order valence-corrected chi connectivity index (χ0v) is 18.6. The number of benzene rings is 2. The van der Waals surface area contributed by atoms with E-state index in [4.69, 9.17) is 9.15 Å². The molecule has 1 aliphatic rings. The summed E-state index contributed by atoms with van der Waals surface area (Å²) in [5, 5.41) is 5.35. The molecule has 1 atom stereocenters. The molecular weight excluding hydrogens is 461 g/mol. The van der Waals surface area contributed by atoms with Gasteiger partial charge in [-0.25, -0.2) is 0 Å². The number of halogens is 3. The molecule has 0 aliphatic carbocycles. The number of rotatable bonds is 7. The van der Waals surface area contributed by atoms with E-state index in [9.17, 15) is 22.8 Å². The Morgan fingerprint density at radius 2 is 1.83 bits per heavy atom. The SMILES string of the molecule is O=C(NCC1CCCO1)/C(=C/c1ccc(-c2cccc(C(F)(F)F)c2)o1)NC(=O)c1ccccc1. The molecule has 2 N–H and O–H groups in total. The number of ether oxygens (including phenoxy) is 1. The van der Waals surface area contributed by atoms with E-state index in [1.165, 1.54) is 30.3 Å². The lowest BCUT2D eigenvalue weighted by molar-refractivity contribution is -0.137. The normalized spacial score (nSPS) is 16.2. The predicted octanol–water partition coefficient (Wildman–Crippen LogP) is 5.03. The largest absolute Gasteiger partial charge is 0.457 e. The van der Waals surface area contributed by atoms with Crippen molar-refractivity contribution in [2.75, 3.05) is 13.2 Å². The number of amides is 2. The monoisotopic (exact) mass is 484 g/mol. The van der Waals surface area contributed by atoms with Crippen LogP contribution in [-0.2, 0) is 15.7 Å². The van der Waals surface area contributed by atoms with E-state index < -0.39 is 23.6 Å². The molecule has 1 unspecified atom stereocenters. The lowest BCUT2D eigenvalue weighted by Gasteiger charge is -2.13. The lowest BCUT2D eigenvalue weighted by atomic mass is 10.1. The highest BCUT2D eigenvalue weighted by Gasteiger charge is 2.30. The van der Waals surface area contributed by atoms with Crippen LogP contribution in [0.4, 0.5) is 13.2 Å². The summed E-state index contributed by atoms with van der Waals surface area (Å²) in [7, 11) is 0. The van der Waals surface area contributed by atoms with Gasteiger partial charge in [-0.15, -0.1) is 0 Å². The molecule has 0 saturated carbocycles. The zero-order valence-electron chi connectivity index (χ0n) is 18.6. The first kappa shape index (κ1) is 24.3. The van der Waals surface area contributed by atoms with Crippen LogP contribution in [0.2, 0.25) is 0 Å². The Morgan fingerprint density at radius 3 is 2.54 bits per heavy atom. The molecule has 2 heterocycles. The summed E-state index contributed by atoms with van der Waals surface area (Å²) in [6.45, 7) is 0.920. The van der Waals surface area contributed by atoms with Crippen LogP contribution in [0.25, 0.3) is 17.4 Å². The average molecular weight is 484 g/mol. The van der Waals surface area contributed by atoms with E-state index in [2.05, 4.69) is 10.6 Å². The minimum absolute atomic E-state index is 0.0678. The van der Waals surface area contributed by atoms with Crippen LogP contribution in [0.5, 0.6) is 0 Å². The summed E-state index contributed by atoms with van der Waals surface area (Å²) in [6, 6.07) is 16.1. The summed E-state index contributed by atoms with van der Waals surface area (Å²) in [4.78, 5) is 25.6. The van der Waals surface area contributed by atoms with Crippen LogP contribution in [0, 0.1) is 0 Å². The van der Waals surface area contributed by atoms with Crippen molar-refractivity contribution in [2.24, 2.45) is 0 Å². The second-order valence-electron chi connectivity index (χ2n) is 8.00. The van der Waals surface area contributed by atoms with Crippen molar-refractivity contribution in [3.63, 3.8) is 0 Å². The Kier molecular flexibility index (Phi) is 7.36. The second kappa shape index (κ2) is 10.6. The van der Waals surface area contributed by atoms with Crippen LogP contribution in [0.15, 0.2) is 76.8 Å². The lowest BCUT2D eigenvalue weighted by Crippen LogP contribution is -2.38. The van der Waals surface area contributed by atoms with Gasteiger partial charge in [-0.1, -0.05) is 30.3 Å². The summed E-state index contributed by atoms with van der Waals surface area (Å²) in [5.41, 5.74) is -0.277. The molecule has 35 heavy (non-hydrogen) atoms. The number of carbonyl (C=O) groups excluding carboxylic acids is 2. The third-order valence-corrected chi connectivity index (χ3v) is 5.43. The van der Waals surface area contributed by atoms with Crippen LogP contribution in [0.1, 0.15) is 34.5 Å².